The molecule has 1 aromatic heterocycles. The van der Waals surface area contributed by atoms with Crippen LogP contribution in [0, 0.1) is 0 Å². The summed E-state index contributed by atoms with van der Waals surface area (Å²) >= 11 is 7.09. The minimum absolute atomic E-state index is 0.00843. The average Bonchev–Trinajstić information content (AvgIpc) is 3.10. The number of thioether (sulfide) groups is 1. The number of nitrogens with zero attached hydrogens (tertiary/aromatic N) is 2. The van der Waals surface area contributed by atoms with Crippen LogP contribution in [0.2, 0.25) is 5.02 Å². The second-order valence-corrected chi connectivity index (χ2v) is 6.44. The molecule has 0 N–H and O–H groups in total. The summed E-state index contributed by atoms with van der Waals surface area (Å²) in [6.45, 7) is 2.51. The van der Waals surface area contributed by atoms with Crippen molar-refractivity contribution in [3.8, 4) is 17.2 Å². The van der Waals surface area contributed by atoms with Crippen LogP contribution in [0.1, 0.15) is 17.3 Å². The highest BCUT2D eigenvalue weighted by Crippen LogP contribution is 2.23. The number of carbonyl (C=O) groups excluding carboxylic acids is 1. The van der Waals surface area contributed by atoms with Gasteiger partial charge in [0.1, 0.15) is 5.75 Å². The van der Waals surface area contributed by atoms with Crippen molar-refractivity contribution < 1.29 is 14.1 Å². The van der Waals surface area contributed by atoms with Gasteiger partial charge in [0.15, 0.2) is 5.78 Å². The molecule has 0 spiro atoms. The SMILES string of the molecule is CCOc1ccc(C(=O)CSc2noc(-c3ccc(Cl)cc3)n2)cc1. The summed E-state index contributed by atoms with van der Waals surface area (Å²) in [6.07, 6.45) is 0. The summed E-state index contributed by atoms with van der Waals surface area (Å²) in [6, 6.07) is 14.2. The average molecular weight is 375 g/mol. The summed E-state index contributed by atoms with van der Waals surface area (Å²) in [7, 11) is 0. The molecule has 5 nitrogen and oxygen atoms in total. The third kappa shape index (κ3) is 4.61. The van der Waals surface area contributed by atoms with E-state index in [2.05, 4.69) is 10.1 Å². The topological polar surface area (TPSA) is 65.2 Å². The van der Waals surface area contributed by atoms with Gasteiger partial charge in [0.05, 0.1) is 12.4 Å². The summed E-state index contributed by atoms with van der Waals surface area (Å²) < 4.78 is 10.6. The molecule has 0 radical (unpaired) electrons. The van der Waals surface area contributed by atoms with Gasteiger partial charge in [-0.2, -0.15) is 4.98 Å². The number of carbonyl (C=O) groups is 1. The molecule has 3 aromatic rings. The molecule has 0 atom stereocenters. The van der Waals surface area contributed by atoms with Crippen LogP contribution in [0.4, 0.5) is 0 Å². The smallest absolute Gasteiger partial charge is 0.258 e. The Morgan fingerprint density at radius 1 is 1.16 bits per heavy atom. The normalized spacial score (nSPS) is 10.6. The molecule has 0 aliphatic heterocycles. The number of aromatic nitrogens is 2. The van der Waals surface area contributed by atoms with Crippen molar-refractivity contribution in [2.75, 3.05) is 12.4 Å². The lowest BCUT2D eigenvalue weighted by atomic mass is 10.1. The molecule has 3 rings (SSSR count). The largest absolute Gasteiger partial charge is 0.494 e. The molecule has 0 amide bonds. The Bertz CT molecular complexity index is 848. The molecule has 128 valence electrons. The van der Waals surface area contributed by atoms with Crippen LogP contribution >= 0.6 is 23.4 Å². The Kier molecular flexibility index (Phi) is 5.73. The third-order valence-corrected chi connectivity index (χ3v) is 4.40. The van der Waals surface area contributed by atoms with Gasteiger partial charge in [-0.05, 0) is 60.6 Å². The third-order valence-electron chi connectivity index (χ3n) is 3.32. The zero-order chi connectivity index (χ0) is 17.6. The molecule has 25 heavy (non-hydrogen) atoms. The highest BCUT2D eigenvalue weighted by atomic mass is 35.5. The zero-order valence-electron chi connectivity index (χ0n) is 13.4. The number of ether oxygens (including phenoxy) is 1. The maximum atomic E-state index is 12.2. The molecule has 1 heterocycles. The number of rotatable bonds is 7. The second-order valence-electron chi connectivity index (χ2n) is 5.06. The van der Waals surface area contributed by atoms with Crippen molar-refractivity contribution in [2.24, 2.45) is 0 Å². The first-order valence-corrected chi connectivity index (χ1v) is 9.00. The second kappa shape index (κ2) is 8.18. The van der Waals surface area contributed by atoms with Gasteiger partial charge < -0.3 is 9.26 Å². The van der Waals surface area contributed by atoms with Crippen molar-refractivity contribution in [1.29, 1.82) is 0 Å². The standard InChI is InChI=1S/C18H15ClN2O3S/c1-2-23-15-9-5-12(6-10-15)16(22)11-25-18-20-17(24-21-18)13-3-7-14(19)8-4-13/h3-10H,2,11H2,1H3. The van der Waals surface area contributed by atoms with E-state index in [1.165, 1.54) is 11.8 Å². The molecule has 7 heteroatoms. The Morgan fingerprint density at radius 2 is 1.88 bits per heavy atom. The number of ketones is 1. The molecule has 0 saturated heterocycles. The number of halogens is 1. The predicted octanol–water partition coefficient (Wildman–Crippen LogP) is 4.76. The van der Waals surface area contributed by atoms with E-state index in [4.69, 9.17) is 20.9 Å². The highest BCUT2D eigenvalue weighted by Gasteiger charge is 2.12. The van der Waals surface area contributed by atoms with E-state index in [0.29, 0.717) is 28.2 Å². The zero-order valence-corrected chi connectivity index (χ0v) is 15.0. The monoisotopic (exact) mass is 374 g/mol. The summed E-state index contributed by atoms with van der Waals surface area (Å²) in [5, 5.41) is 4.95. The molecular formula is C18H15ClN2O3S. The summed E-state index contributed by atoms with van der Waals surface area (Å²) in [5.74, 6) is 1.36. The van der Waals surface area contributed by atoms with Gasteiger partial charge in [-0.25, -0.2) is 0 Å². The maximum Gasteiger partial charge on any atom is 0.258 e. The van der Waals surface area contributed by atoms with Gasteiger partial charge in [-0.3, -0.25) is 4.79 Å². The summed E-state index contributed by atoms with van der Waals surface area (Å²) in [4.78, 5) is 16.5. The van der Waals surface area contributed by atoms with E-state index in [1.807, 2.05) is 6.92 Å². The first kappa shape index (κ1) is 17.5. The van der Waals surface area contributed by atoms with Gasteiger partial charge in [-0.15, -0.1) is 0 Å². The van der Waals surface area contributed by atoms with Gasteiger partial charge in [0, 0.05) is 16.1 Å². The lowest BCUT2D eigenvalue weighted by Crippen LogP contribution is -2.02. The van der Waals surface area contributed by atoms with E-state index in [9.17, 15) is 4.79 Å². The van der Waals surface area contributed by atoms with Gasteiger partial charge in [0.25, 0.3) is 5.89 Å². The minimum atomic E-state index is -0.00843. The lowest BCUT2D eigenvalue weighted by Gasteiger charge is -2.03. The van der Waals surface area contributed by atoms with E-state index in [0.717, 1.165) is 11.3 Å². The molecule has 0 unspecified atom stereocenters. The fraction of sp³-hybridized carbons (Fsp3) is 0.167. The van der Waals surface area contributed by atoms with Crippen LogP contribution in [0.3, 0.4) is 0 Å². The van der Waals surface area contributed by atoms with Crippen LogP contribution < -0.4 is 4.74 Å². The van der Waals surface area contributed by atoms with Crippen molar-refractivity contribution >= 4 is 29.1 Å². The van der Waals surface area contributed by atoms with Gasteiger partial charge >= 0.3 is 0 Å². The van der Waals surface area contributed by atoms with E-state index in [-0.39, 0.29) is 11.5 Å². The van der Waals surface area contributed by atoms with Crippen molar-refractivity contribution in [3.05, 3.63) is 59.1 Å². The van der Waals surface area contributed by atoms with Crippen molar-refractivity contribution in [1.82, 2.24) is 10.1 Å². The first-order chi connectivity index (χ1) is 12.2. The highest BCUT2D eigenvalue weighted by molar-refractivity contribution is 7.99. The molecular weight excluding hydrogens is 360 g/mol. The van der Waals surface area contributed by atoms with Crippen LogP contribution in [0.15, 0.2) is 58.2 Å². The fourth-order valence-electron chi connectivity index (χ4n) is 2.10. The van der Waals surface area contributed by atoms with Crippen LogP contribution in [0.5, 0.6) is 5.75 Å². The molecule has 0 bridgehead atoms. The summed E-state index contributed by atoms with van der Waals surface area (Å²) in [5.41, 5.74) is 1.40. The molecule has 2 aromatic carbocycles. The van der Waals surface area contributed by atoms with Crippen LogP contribution in [-0.2, 0) is 0 Å². The Labute approximate surface area is 154 Å². The van der Waals surface area contributed by atoms with E-state index < -0.39 is 0 Å². The predicted molar refractivity (Wildman–Crippen MR) is 97.4 cm³/mol. The number of hydrogen-bond acceptors (Lipinski definition) is 6. The lowest BCUT2D eigenvalue weighted by molar-refractivity contribution is 0.102. The van der Waals surface area contributed by atoms with E-state index in [1.54, 1.807) is 48.5 Å². The molecule has 0 fully saturated rings. The first-order valence-electron chi connectivity index (χ1n) is 7.64. The Balaban J connectivity index is 1.60. The number of Topliss-reactive ketones (excluding diaryl/α,β-unsaturated/α-hetero) is 1. The molecule has 0 aliphatic rings. The molecule has 0 saturated carbocycles. The maximum absolute atomic E-state index is 12.2. The van der Waals surface area contributed by atoms with Gasteiger partial charge in [0.2, 0.25) is 5.16 Å². The fourth-order valence-corrected chi connectivity index (χ4v) is 2.89. The molecule has 0 aliphatic carbocycles. The quantitative estimate of drug-likeness (QED) is 0.438. The van der Waals surface area contributed by atoms with Crippen LogP contribution in [-0.4, -0.2) is 28.3 Å². The minimum Gasteiger partial charge on any atom is -0.494 e. The van der Waals surface area contributed by atoms with Crippen LogP contribution in [0.25, 0.3) is 11.5 Å². The van der Waals surface area contributed by atoms with E-state index >= 15 is 0 Å². The number of benzene rings is 2. The van der Waals surface area contributed by atoms with Gasteiger partial charge in [-0.1, -0.05) is 23.4 Å². The number of hydrogen-bond donors (Lipinski definition) is 0. The van der Waals surface area contributed by atoms with Crippen molar-refractivity contribution in [3.63, 3.8) is 0 Å². The Hall–Kier alpha value is -2.31. The van der Waals surface area contributed by atoms with Crippen molar-refractivity contribution in [2.45, 2.75) is 12.1 Å². The Morgan fingerprint density at radius 3 is 2.56 bits per heavy atom.